The number of aliphatic hydroxyl groups is 2. The highest BCUT2D eigenvalue weighted by Crippen LogP contribution is 2.09. The van der Waals surface area contributed by atoms with E-state index in [4.69, 9.17) is 14.3 Å². The molecular formula is C8H22O3Si2. The third-order valence-electron chi connectivity index (χ3n) is 2.20. The zero-order valence-corrected chi connectivity index (χ0v) is 11.7. The van der Waals surface area contributed by atoms with Gasteiger partial charge in [-0.25, -0.2) is 0 Å². The number of unbranched alkanes of at least 4 members (excludes halogenated alkanes) is 2. The van der Waals surface area contributed by atoms with E-state index in [9.17, 15) is 0 Å². The smallest absolute Gasteiger partial charge is 0.162 e. The molecule has 3 nitrogen and oxygen atoms in total. The number of rotatable bonds is 9. The molecule has 0 spiro atoms. The molecule has 0 rings (SSSR count). The first-order chi connectivity index (χ1) is 6.35. The summed E-state index contributed by atoms with van der Waals surface area (Å²) in [6.07, 6.45) is 4.03. The number of aliphatic hydroxyl groups excluding tert-OH is 2. The van der Waals surface area contributed by atoms with E-state index in [0.29, 0.717) is 13.2 Å². The first kappa shape index (κ1) is 13.3. The van der Waals surface area contributed by atoms with Crippen molar-refractivity contribution in [3.63, 3.8) is 0 Å². The molecule has 0 heterocycles. The Morgan fingerprint density at radius 1 is 0.923 bits per heavy atom. The zero-order chi connectivity index (χ0) is 9.94. The van der Waals surface area contributed by atoms with Crippen LogP contribution >= 0.6 is 0 Å². The fraction of sp³-hybridized carbons (Fsp3) is 1.00. The predicted molar refractivity (Wildman–Crippen MR) is 60.4 cm³/mol. The Morgan fingerprint density at radius 3 is 1.69 bits per heavy atom. The molecule has 0 radical (unpaired) electrons. The predicted octanol–water partition coefficient (Wildman–Crippen LogP) is -0.448. The molecular weight excluding hydrogens is 200 g/mol. The van der Waals surface area contributed by atoms with E-state index in [-0.39, 0.29) is 0 Å². The summed E-state index contributed by atoms with van der Waals surface area (Å²) in [6, 6.07) is 2.38. The third kappa shape index (κ3) is 8.64. The Morgan fingerprint density at radius 2 is 1.38 bits per heavy atom. The van der Waals surface area contributed by atoms with Crippen LogP contribution in [0.3, 0.4) is 0 Å². The van der Waals surface area contributed by atoms with Gasteiger partial charge in [-0.05, 0) is 24.9 Å². The second-order valence-electron chi connectivity index (χ2n) is 3.30. The van der Waals surface area contributed by atoms with Crippen molar-refractivity contribution >= 4 is 19.5 Å². The van der Waals surface area contributed by atoms with Gasteiger partial charge in [0.1, 0.15) is 10.5 Å². The summed E-state index contributed by atoms with van der Waals surface area (Å²) in [7, 11) is -0.0911. The van der Waals surface area contributed by atoms with Gasteiger partial charge in [-0.1, -0.05) is 12.8 Å². The third-order valence-corrected chi connectivity index (χ3v) is 6.97. The van der Waals surface area contributed by atoms with Crippen LogP contribution in [0, 0.1) is 0 Å². The van der Waals surface area contributed by atoms with E-state index in [1.54, 1.807) is 0 Å². The Labute approximate surface area is 85.4 Å². The molecule has 0 unspecified atom stereocenters. The monoisotopic (exact) mass is 222 g/mol. The molecule has 0 aromatic heterocycles. The van der Waals surface area contributed by atoms with E-state index >= 15 is 0 Å². The summed E-state index contributed by atoms with van der Waals surface area (Å²) in [6.45, 7) is 0.609. The molecule has 0 aromatic rings. The van der Waals surface area contributed by atoms with Crippen LogP contribution in [0.25, 0.3) is 0 Å². The average Bonchev–Trinajstić information content (AvgIpc) is 2.16. The van der Waals surface area contributed by atoms with Gasteiger partial charge in [0.15, 0.2) is 9.04 Å². The summed E-state index contributed by atoms with van der Waals surface area (Å²) < 4.78 is 5.56. The quantitative estimate of drug-likeness (QED) is 0.410. The van der Waals surface area contributed by atoms with Gasteiger partial charge in [0, 0.05) is 13.2 Å². The summed E-state index contributed by atoms with van der Waals surface area (Å²) in [4.78, 5) is 0. The minimum atomic E-state index is -0.937. The Kier molecular flexibility index (Phi) is 10.6. The van der Waals surface area contributed by atoms with Crippen molar-refractivity contribution in [2.75, 3.05) is 13.2 Å². The normalized spacial score (nSPS) is 11.3. The van der Waals surface area contributed by atoms with Crippen molar-refractivity contribution in [3.8, 4) is 0 Å². The van der Waals surface area contributed by atoms with Crippen molar-refractivity contribution in [1.29, 1.82) is 0 Å². The molecule has 0 fully saturated rings. The van der Waals surface area contributed by atoms with Crippen LogP contribution in [0.2, 0.25) is 12.1 Å². The van der Waals surface area contributed by atoms with Crippen molar-refractivity contribution in [3.05, 3.63) is 0 Å². The Hall–Kier alpha value is 0.314. The summed E-state index contributed by atoms with van der Waals surface area (Å²) >= 11 is 0. The van der Waals surface area contributed by atoms with Gasteiger partial charge in [0.05, 0.1) is 0 Å². The molecule has 0 aliphatic carbocycles. The van der Waals surface area contributed by atoms with E-state index in [1.165, 1.54) is 12.1 Å². The highest BCUT2D eigenvalue weighted by molar-refractivity contribution is 6.55. The van der Waals surface area contributed by atoms with Crippen LogP contribution in [-0.4, -0.2) is 43.0 Å². The molecule has 0 saturated carbocycles. The Balaban J connectivity index is 3.28. The van der Waals surface area contributed by atoms with Crippen LogP contribution in [0.5, 0.6) is 0 Å². The van der Waals surface area contributed by atoms with Crippen LogP contribution in [-0.2, 0) is 4.12 Å². The van der Waals surface area contributed by atoms with Gasteiger partial charge >= 0.3 is 0 Å². The average molecular weight is 222 g/mol. The first-order valence-electron chi connectivity index (χ1n) is 5.09. The van der Waals surface area contributed by atoms with Crippen LogP contribution < -0.4 is 0 Å². The van der Waals surface area contributed by atoms with Crippen LogP contribution in [0.15, 0.2) is 0 Å². The fourth-order valence-electron chi connectivity index (χ4n) is 1.35. The minimum absolute atomic E-state index is 0.304. The summed E-state index contributed by atoms with van der Waals surface area (Å²) in [5, 5.41) is 17.2. The number of hydrogen-bond acceptors (Lipinski definition) is 3. The minimum Gasteiger partial charge on any atom is -0.465 e. The van der Waals surface area contributed by atoms with E-state index < -0.39 is 9.04 Å². The van der Waals surface area contributed by atoms with Crippen molar-refractivity contribution in [2.45, 2.75) is 37.8 Å². The van der Waals surface area contributed by atoms with Gasteiger partial charge in [0.25, 0.3) is 0 Å². The SMILES string of the molecule is OCCCC[SiH](CCCCO)O[SiH3]. The molecule has 0 saturated heterocycles. The maximum atomic E-state index is 8.62. The maximum Gasteiger partial charge on any atom is 0.162 e. The Bertz CT molecular complexity index is 93.4. The van der Waals surface area contributed by atoms with Crippen LogP contribution in [0.1, 0.15) is 25.7 Å². The van der Waals surface area contributed by atoms with Gasteiger partial charge in [-0.15, -0.1) is 0 Å². The van der Waals surface area contributed by atoms with E-state index in [1.807, 2.05) is 0 Å². The summed E-state index contributed by atoms with van der Waals surface area (Å²) in [5.74, 6) is 0. The second kappa shape index (κ2) is 10.4. The molecule has 13 heavy (non-hydrogen) atoms. The standard InChI is InChI=1S/C8H22O3Si2/c9-5-1-3-7-13(11-12)8-4-2-6-10/h9-10,13H,1-8H2,12H3. The molecule has 0 atom stereocenters. The van der Waals surface area contributed by atoms with E-state index in [2.05, 4.69) is 0 Å². The van der Waals surface area contributed by atoms with Gasteiger partial charge < -0.3 is 14.3 Å². The molecule has 2 N–H and O–H groups in total. The summed E-state index contributed by atoms with van der Waals surface area (Å²) in [5.41, 5.74) is 0. The topological polar surface area (TPSA) is 49.7 Å². The largest absolute Gasteiger partial charge is 0.465 e. The van der Waals surface area contributed by atoms with Crippen molar-refractivity contribution < 1.29 is 14.3 Å². The highest BCUT2D eigenvalue weighted by atomic mass is 28.3. The van der Waals surface area contributed by atoms with Gasteiger partial charge in [-0.3, -0.25) is 0 Å². The van der Waals surface area contributed by atoms with Gasteiger partial charge in [0.2, 0.25) is 0 Å². The molecule has 0 aliphatic heterocycles. The lowest BCUT2D eigenvalue weighted by molar-refractivity contribution is 0.285. The lowest BCUT2D eigenvalue weighted by atomic mass is 10.4. The van der Waals surface area contributed by atoms with Crippen molar-refractivity contribution in [2.24, 2.45) is 0 Å². The molecule has 0 aliphatic rings. The van der Waals surface area contributed by atoms with Crippen LogP contribution in [0.4, 0.5) is 0 Å². The molecule has 5 heteroatoms. The molecule has 0 bridgehead atoms. The van der Waals surface area contributed by atoms with Gasteiger partial charge in [-0.2, -0.15) is 0 Å². The zero-order valence-electron chi connectivity index (χ0n) is 8.54. The molecule has 0 aromatic carbocycles. The lowest BCUT2D eigenvalue weighted by Gasteiger charge is -2.12. The molecule has 80 valence electrons. The highest BCUT2D eigenvalue weighted by Gasteiger charge is 2.08. The van der Waals surface area contributed by atoms with Crippen molar-refractivity contribution in [1.82, 2.24) is 0 Å². The second-order valence-corrected chi connectivity index (χ2v) is 7.58. The maximum absolute atomic E-state index is 8.62. The van der Waals surface area contributed by atoms with E-state index in [0.717, 1.165) is 36.2 Å². The molecule has 0 amide bonds. The first-order valence-corrected chi connectivity index (χ1v) is 8.01. The lowest BCUT2D eigenvalue weighted by Crippen LogP contribution is -2.16. The fourth-order valence-corrected chi connectivity index (χ4v) is 5.01. The number of hydrogen-bond donors (Lipinski definition) is 2.